The Balaban J connectivity index is 2.59. The van der Waals surface area contributed by atoms with Crippen LogP contribution in [0.1, 0.15) is 52.4 Å². The summed E-state index contributed by atoms with van der Waals surface area (Å²) in [5, 5.41) is 14.8. The Morgan fingerprint density at radius 1 is 1.16 bits per heavy atom. The van der Waals surface area contributed by atoms with Crippen molar-refractivity contribution in [1.29, 1.82) is 0 Å². The van der Waals surface area contributed by atoms with E-state index in [0.29, 0.717) is 5.92 Å². The number of aliphatic hydroxyl groups excluding tert-OH is 1. The van der Waals surface area contributed by atoms with E-state index < -0.39 is 24.1 Å². The highest BCUT2D eigenvalue weighted by atomic mass is 16.3. The lowest BCUT2D eigenvalue weighted by atomic mass is 9.83. The van der Waals surface area contributed by atoms with Crippen molar-refractivity contribution >= 4 is 17.6 Å². The van der Waals surface area contributed by atoms with E-state index in [0.717, 1.165) is 25.7 Å². The number of rotatable bonds is 9. The number of carbonyl (C=O) groups excluding carboxylic acids is 3. The fourth-order valence-corrected chi connectivity index (χ4v) is 3.17. The summed E-state index contributed by atoms with van der Waals surface area (Å²) in [6.45, 7) is 2.67. The second-order valence-corrected chi connectivity index (χ2v) is 6.96. The van der Waals surface area contributed by atoms with Gasteiger partial charge in [-0.3, -0.25) is 14.4 Å². The molecule has 0 aromatic rings. The molecule has 0 heterocycles. The van der Waals surface area contributed by atoms with Crippen LogP contribution in [0.25, 0.3) is 0 Å². The Labute approximate surface area is 149 Å². The molecule has 4 atom stereocenters. The van der Waals surface area contributed by atoms with Crippen LogP contribution in [-0.4, -0.2) is 53.5 Å². The maximum Gasteiger partial charge on any atom is 0.245 e. The number of aliphatic hydroxyl groups is 1. The van der Waals surface area contributed by atoms with Gasteiger partial charge in [-0.05, 0) is 32.6 Å². The predicted molar refractivity (Wildman–Crippen MR) is 94.4 cm³/mol. The third-order valence-electron chi connectivity index (χ3n) is 4.80. The van der Waals surface area contributed by atoms with Crippen LogP contribution < -0.4 is 22.1 Å². The van der Waals surface area contributed by atoms with Gasteiger partial charge in [0.1, 0.15) is 6.04 Å². The number of carbonyl (C=O) groups is 3. The third kappa shape index (κ3) is 7.09. The van der Waals surface area contributed by atoms with E-state index in [1.807, 2.05) is 0 Å². The molecule has 0 radical (unpaired) electrons. The molecule has 25 heavy (non-hydrogen) atoms. The zero-order valence-electron chi connectivity index (χ0n) is 15.2. The van der Waals surface area contributed by atoms with E-state index in [1.165, 1.54) is 20.3 Å². The number of Topliss-reactive ketones (excluding diaryl/α,β-unsaturated/α-hetero) is 1. The molecule has 0 spiro atoms. The smallest absolute Gasteiger partial charge is 0.245 e. The minimum Gasteiger partial charge on any atom is -0.391 e. The second kappa shape index (κ2) is 10.5. The van der Waals surface area contributed by atoms with Gasteiger partial charge in [0.15, 0.2) is 5.78 Å². The van der Waals surface area contributed by atoms with Crippen molar-refractivity contribution in [3.8, 4) is 0 Å². The number of amides is 2. The van der Waals surface area contributed by atoms with Gasteiger partial charge in [0.05, 0.1) is 12.1 Å². The van der Waals surface area contributed by atoms with E-state index in [4.69, 9.17) is 11.5 Å². The Morgan fingerprint density at radius 3 is 2.24 bits per heavy atom. The van der Waals surface area contributed by atoms with Crippen LogP contribution in [0, 0.1) is 5.92 Å². The van der Waals surface area contributed by atoms with Crippen molar-refractivity contribution in [2.75, 3.05) is 6.54 Å². The molecule has 1 fully saturated rings. The number of nitrogens with one attached hydrogen (secondary N) is 2. The van der Waals surface area contributed by atoms with Crippen LogP contribution in [0.15, 0.2) is 0 Å². The molecule has 1 saturated carbocycles. The van der Waals surface area contributed by atoms with Crippen LogP contribution in [-0.2, 0) is 14.4 Å². The Hall–Kier alpha value is -1.51. The van der Waals surface area contributed by atoms with Crippen molar-refractivity contribution in [2.45, 2.75) is 76.6 Å². The van der Waals surface area contributed by atoms with Gasteiger partial charge in [0.2, 0.25) is 11.8 Å². The van der Waals surface area contributed by atoms with Crippen molar-refractivity contribution in [3.05, 3.63) is 0 Å². The first-order chi connectivity index (χ1) is 11.8. The zero-order chi connectivity index (χ0) is 19.0. The second-order valence-electron chi connectivity index (χ2n) is 6.96. The molecule has 8 heteroatoms. The number of hydrogen-bond donors (Lipinski definition) is 5. The Bertz CT molecular complexity index is 464. The minimum atomic E-state index is -1.15. The van der Waals surface area contributed by atoms with Gasteiger partial charge in [-0.1, -0.05) is 19.3 Å². The third-order valence-corrected chi connectivity index (χ3v) is 4.80. The van der Waals surface area contributed by atoms with Crippen molar-refractivity contribution in [3.63, 3.8) is 0 Å². The van der Waals surface area contributed by atoms with Gasteiger partial charge >= 0.3 is 0 Å². The first kappa shape index (κ1) is 21.5. The molecule has 2 unspecified atom stereocenters. The molecule has 8 nitrogen and oxygen atoms in total. The number of ketones is 1. The molecule has 0 bridgehead atoms. The van der Waals surface area contributed by atoms with Crippen molar-refractivity contribution in [1.82, 2.24) is 10.6 Å². The molecular weight excluding hydrogens is 324 g/mol. The monoisotopic (exact) mass is 356 g/mol. The minimum absolute atomic E-state index is 0.0475. The van der Waals surface area contributed by atoms with Gasteiger partial charge in [-0.2, -0.15) is 0 Å². The van der Waals surface area contributed by atoms with Crippen molar-refractivity contribution in [2.24, 2.45) is 17.4 Å². The summed E-state index contributed by atoms with van der Waals surface area (Å²) < 4.78 is 0. The van der Waals surface area contributed by atoms with Gasteiger partial charge in [-0.25, -0.2) is 0 Å². The average Bonchev–Trinajstić information content (AvgIpc) is 2.57. The van der Waals surface area contributed by atoms with E-state index in [9.17, 15) is 19.5 Å². The van der Waals surface area contributed by atoms with Crippen LogP contribution in [0.5, 0.6) is 0 Å². The number of nitrogens with two attached hydrogens (primary N) is 2. The first-order valence-corrected chi connectivity index (χ1v) is 9.00. The molecular formula is C17H32N4O4. The molecule has 0 aromatic heterocycles. The van der Waals surface area contributed by atoms with Crippen molar-refractivity contribution < 1.29 is 19.5 Å². The summed E-state index contributed by atoms with van der Waals surface area (Å²) in [7, 11) is 0. The molecule has 1 aliphatic rings. The van der Waals surface area contributed by atoms with Crippen LogP contribution in [0.2, 0.25) is 0 Å². The zero-order valence-corrected chi connectivity index (χ0v) is 15.2. The van der Waals surface area contributed by atoms with Gasteiger partial charge in [0.25, 0.3) is 0 Å². The topological polar surface area (TPSA) is 148 Å². The standard InChI is InChI=1S/C17H32N4O4/c1-10(22)14(9-18)20-17(25)16(11(2)23)21-15(24)8-13(19)12-6-4-3-5-7-12/h11-14,16,23H,3-9,18-19H2,1-2H3,(H,20,25)(H,21,24)/t11?,13?,14-,16-/m0/s1. The largest absolute Gasteiger partial charge is 0.391 e. The van der Waals surface area contributed by atoms with E-state index in [2.05, 4.69) is 10.6 Å². The molecule has 2 amide bonds. The summed E-state index contributed by atoms with van der Waals surface area (Å²) in [5.41, 5.74) is 11.6. The van der Waals surface area contributed by atoms with E-state index in [1.54, 1.807) is 0 Å². The molecule has 144 valence electrons. The van der Waals surface area contributed by atoms with Crippen LogP contribution in [0.4, 0.5) is 0 Å². The molecule has 7 N–H and O–H groups in total. The summed E-state index contributed by atoms with van der Waals surface area (Å²) in [4.78, 5) is 35.9. The highest BCUT2D eigenvalue weighted by molar-refractivity contribution is 5.92. The average molecular weight is 356 g/mol. The van der Waals surface area contributed by atoms with Gasteiger partial charge in [0, 0.05) is 19.0 Å². The number of hydrogen-bond acceptors (Lipinski definition) is 6. The first-order valence-electron chi connectivity index (χ1n) is 9.00. The highest BCUT2D eigenvalue weighted by Crippen LogP contribution is 2.26. The lowest BCUT2D eigenvalue weighted by Gasteiger charge is -2.28. The molecule has 1 aliphatic carbocycles. The summed E-state index contributed by atoms with van der Waals surface area (Å²) in [6, 6.07) is -2.25. The Kier molecular flexibility index (Phi) is 9.02. The maximum atomic E-state index is 12.3. The SMILES string of the molecule is CC(=O)[C@H](CN)NC(=O)[C@@H](NC(=O)CC(N)C1CCCCC1)C(C)O. The highest BCUT2D eigenvalue weighted by Gasteiger charge is 2.30. The molecule has 0 aliphatic heterocycles. The molecule has 0 aromatic carbocycles. The normalized spacial score (nSPS) is 20.2. The van der Waals surface area contributed by atoms with Crippen LogP contribution in [0.3, 0.4) is 0 Å². The molecule has 0 saturated heterocycles. The van der Waals surface area contributed by atoms with E-state index in [-0.39, 0.29) is 30.7 Å². The Morgan fingerprint density at radius 2 is 1.76 bits per heavy atom. The fraction of sp³-hybridized carbons (Fsp3) is 0.824. The van der Waals surface area contributed by atoms with Crippen LogP contribution >= 0.6 is 0 Å². The fourth-order valence-electron chi connectivity index (χ4n) is 3.17. The van der Waals surface area contributed by atoms with Gasteiger partial charge < -0.3 is 27.2 Å². The molecule has 1 rings (SSSR count). The summed E-state index contributed by atoms with van der Waals surface area (Å²) in [5.74, 6) is -0.991. The lowest BCUT2D eigenvalue weighted by Crippen LogP contribution is -2.57. The van der Waals surface area contributed by atoms with Gasteiger partial charge in [-0.15, -0.1) is 0 Å². The predicted octanol–water partition coefficient (Wildman–Crippen LogP) is -0.818. The summed E-state index contributed by atoms with van der Waals surface area (Å²) in [6.07, 6.45) is 4.50. The summed E-state index contributed by atoms with van der Waals surface area (Å²) >= 11 is 0. The quantitative estimate of drug-likeness (QED) is 0.365. The lowest BCUT2D eigenvalue weighted by molar-refractivity contribution is -0.133. The maximum absolute atomic E-state index is 12.3. The van der Waals surface area contributed by atoms with E-state index >= 15 is 0 Å².